The maximum atomic E-state index is 11.3. The van der Waals surface area contributed by atoms with E-state index in [-0.39, 0.29) is 12.6 Å². The van der Waals surface area contributed by atoms with Crippen molar-refractivity contribution in [1.82, 2.24) is 10.6 Å². The van der Waals surface area contributed by atoms with Crippen molar-refractivity contribution >= 4 is 23.4 Å². The summed E-state index contributed by atoms with van der Waals surface area (Å²) in [4.78, 5) is 21.7. The highest BCUT2D eigenvalue weighted by Gasteiger charge is 2.00. The van der Waals surface area contributed by atoms with Crippen LogP contribution in [0.2, 0.25) is 0 Å². The third-order valence-corrected chi connectivity index (χ3v) is 1.88. The first-order valence-electron chi connectivity index (χ1n) is 5.01. The number of nitrogens with two attached hydrogens (primary N) is 2. The molecule has 1 aromatic carbocycles. The van der Waals surface area contributed by atoms with Crippen LogP contribution >= 0.6 is 0 Å². The highest BCUT2D eigenvalue weighted by Crippen LogP contribution is 2.09. The Morgan fingerprint density at radius 3 is 2.24 bits per heavy atom. The highest BCUT2D eigenvalue weighted by atomic mass is 16.2. The Kier molecular flexibility index (Phi) is 4.61. The summed E-state index contributed by atoms with van der Waals surface area (Å²) in [5, 5.41) is 7.51. The molecule has 0 heterocycles. The van der Waals surface area contributed by atoms with Crippen LogP contribution in [-0.2, 0) is 0 Å². The summed E-state index contributed by atoms with van der Waals surface area (Å²) in [6.07, 6.45) is 0. The summed E-state index contributed by atoms with van der Waals surface area (Å²) in [5.74, 6) is 0. The van der Waals surface area contributed by atoms with Gasteiger partial charge < -0.3 is 27.4 Å². The third kappa shape index (κ3) is 5.26. The fourth-order valence-corrected chi connectivity index (χ4v) is 1.10. The number of carbonyl (C=O) groups excluding carboxylic acids is 2. The van der Waals surface area contributed by atoms with Crippen LogP contribution in [0.3, 0.4) is 0 Å². The number of urea groups is 2. The molecule has 1 aromatic rings. The molecule has 0 saturated heterocycles. The summed E-state index contributed by atoms with van der Waals surface area (Å²) in [5.41, 5.74) is 11.6. The van der Waals surface area contributed by atoms with Crippen LogP contribution in [0.5, 0.6) is 0 Å². The van der Waals surface area contributed by atoms with Crippen LogP contribution in [0.1, 0.15) is 0 Å². The number of hydrogen-bond donors (Lipinski definition) is 5. The molecule has 7 heteroatoms. The zero-order chi connectivity index (χ0) is 12.7. The van der Waals surface area contributed by atoms with Crippen molar-refractivity contribution in [3.8, 4) is 0 Å². The molecule has 7 nitrogen and oxygen atoms in total. The number of nitrogen functional groups attached to an aromatic ring is 1. The number of hydrogen-bond acceptors (Lipinski definition) is 3. The second-order valence-electron chi connectivity index (χ2n) is 3.29. The van der Waals surface area contributed by atoms with Crippen molar-refractivity contribution in [3.05, 3.63) is 24.3 Å². The predicted molar refractivity (Wildman–Crippen MR) is 65.5 cm³/mol. The molecule has 0 spiro atoms. The standard InChI is InChI=1S/C10H15N5O2/c11-7-1-3-8(4-2-7)15-10(17)14-6-5-13-9(12)16/h1-4H,5-6,11H2,(H3,12,13,16)(H2,14,15,17). The first-order chi connectivity index (χ1) is 8.08. The molecule has 4 amide bonds. The van der Waals surface area contributed by atoms with E-state index in [9.17, 15) is 9.59 Å². The van der Waals surface area contributed by atoms with E-state index >= 15 is 0 Å². The molecule has 92 valence electrons. The average Bonchev–Trinajstić information content (AvgIpc) is 2.27. The molecule has 7 N–H and O–H groups in total. The number of primary amides is 1. The van der Waals surface area contributed by atoms with Gasteiger partial charge in [-0.05, 0) is 24.3 Å². The van der Waals surface area contributed by atoms with E-state index in [0.717, 1.165) is 0 Å². The molecule has 0 aliphatic carbocycles. The Balaban J connectivity index is 2.25. The van der Waals surface area contributed by atoms with E-state index in [1.807, 2.05) is 0 Å². The van der Waals surface area contributed by atoms with E-state index in [1.54, 1.807) is 24.3 Å². The van der Waals surface area contributed by atoms with Crippen molar-refractivity contribution in [1.29, 1.82) is 0 Å². The molecule has 0 radical (unpaired) electrons. The molecule has 0 fully saturated rings. The molecule has 1 rings (SSSR count). The average molecular weight is 237 g/mol. The Morgan fingerprint density at radius 2 is 1.65 bits per heavy atom. The van der Waals surface area contributed by atoms with E-state index < -0.39 is 6.03 Å². The Labute approximate surface area is 98.5 Å². The van der Waals surface area contributed by atoms with Crippen LogP contribution in [0.4, 0.5) is 21.0 Å². The van der Waals surface area contributed by atoms with Gasteiger partial charge in [0.2, 0.25) is 0 Å². The van der Waals surface area contributed by atoms with Gasteiger partial charge in [-0.2, -0.15) is 0 Å². The fourth-order valence-electron chi connectivity index (χ4n) is 1.10. The van der Waals surface area contributed by atoms with Crippen molar-refractivity contribution in [3.63, 3.8) is 0 Å². The summed E-state index contributed by atoms with van der Waals surface area (Å²) in [6.45, 7) is 0.578. The topological polar surface area (TPSA) is 122 Å². The third-order valence-electron chi connectivity index (χ3n) is 1.88. The maximum Gasteiger partial charge on any atom is 0.319 e. The molecule has 0 saturated carbocycles. The largest absolute Gasteiger partial charge is 0.399 e. The maximum absolute atomic E-state index is 11.3. The summed E-state index contributed by atoms with van der Waals surface area (Å²) < 4.78 is 0. The second-order valence-corrected chi connectivity index (χ2v) is 3.29. The van der Waals surface area contributed by atoms with Gasteiger partial charge in [0.25, 0.3) is 0 Å². The van der Waals surface area contributed by atoms with Gasteiger partial charge in [-0.15, -0.1) is 0 Å². The molecule has 17 heavy (non-hydrogen) atoms. The Morgan fingerprint density at radius 1 is 1.06 bits per heavy atom. The van der Waals surface area contributed by atoms with Gasteiger partial charge >= 0.3 is 12.1 Å². The number of anilines is 2. The minimum atomic E-state index is -0.620. The lowest BCUT2D eigenvalue weighted by molar-refractivity contribution is 0.246. The first-order valence-corrected chi connectivity index (χ1v) is 5.01. The molecule has 0 unspecified atom stereocenters. The van der Waals surface area contributed by atoms with Crippen LogP contribution in [0.25, 0.3) is 0 Å². The second kappa shape index (κ2) is 6.21. The van der Waals surface area contributed by atoms with Crippen LogP contribution in [-0.4, -0.2) is 25.2 Å². The summed E-state index contributed by atoms with van der Waals surface area (Å²) in [6, 6.07) is 5.77. The number of rotatable bonds is 4. The van der Waals surface area contributed by atoms with Gasteiger partial charge in [0, 0.05) is 24.5 Å². The van der Waals surface area contributed by atoms with Crippen molar-refractivity contribution < 1.29 is 9.59 Å². The number of carbonyl (C=O) groups is 2. The van der Waals surface area contributed by atoms with Gasteiger partial charge in [-0.25, -0.2) is 9.59 Å². The summed E-state index contributed by atoms with van der Waals surface area (Å²) in [7, 11) is 0. The van der Waals surface area contributed by atoms with Crippen molar-refractivity contribution in [2.45, 2.75) is 0 Å². The molecule has 0 atom stereocenters. The van der Waals surface area contributed by atoms with Crippen LogP contribution in [0, 0.1) is 0 Å². The van der Waals surface area contributed by atoms with Gasteiger partial charge in [0.1, 0.15) is 0 Å². The number of benzene rings is 1. The monoisotopic (exact) mass is 237 g/mol. The van der Waals surface area contributed by atoms with Gasteiger partial charge in [0.15, 0.2) is 0 Å². The normalized spacial score (nSPS) is 9.41. The van der Waals surface area contributed by atoms with E-state index in [2.05, 4.69) is 16.0 Å². The van der Waals surface area contributed by atoms with Crippen molar-refractivity contribution in [2.24, 2.45) is 5.73 Å². The van der Waals surface area contributed by atoms with Gasteiger partial charge in [0.05, 0.1) is 0 Å². The van der Waals surface area contributed by atoms with Crippen LogP contribution in [0.15, 0.2) is 24.3 Å². The lowest BCUT2D eigenvalue weighted by Crippen LogP contribution is -2.38. The number of nitrogens with one attached hydrogen (secondary N) is 3. The van der Waals surface area contributed by atoms with E-state index in [4.69, 9.17) is 11.5 Å². The quantitative estimate of drug-likeness (QED) is 0.376. The zero-order valence-electron chi connectivity index (χ0n) is 9.19. The lowest BCUT2D eigenvalue weighted by Gasteiger charge is -2.07. The van der Waals surface area contributed by atoms with E-state index in [0.29, 0.717) is 17.9 Å². The number of amides is 4. The lowest BCUT2D eigenvalue weighted by atomic mass is 10.3. The zero-order valence-corrected chi connectivity index (χ0v) is 9.19. The summed E-state index contributed by atoms with van der Waals surface area (Å²) >= 11 is 0. The molecule has 0 aliphatic heterocycles. The van der Waals surface area contributed by atoms with Crippen molar-refractivity contribution in [2.75, 3.05) is 24.1 Å². The minimum Gasteiger partial charge on any atom is -0.399 e. The molecular weight excluding hydrogens is 222 g/mol. The van der Waals surface area contributed by atoms with Crippen LogP contribution < -0.4 is 27.4 Å². The smallest absolute Gasteiger partial charge is 0.319 e. The van der Waals surface area contributed by atoms with E-state index in [1.165, 1.54) is 0 Å². The molecule has 0 aliphatic rings. The molecule has 0 bridgehead atoms. The molecular formula is C10H15N5O2. The highest BCUT2D eigenvalue weighted by molar-refractivity contribution is 5.89. The van der Waals surface area contributed by atoms with Gasteiger partial charge in [-0.3, -0.25) is 0 Å². The first kappa shape index (κ1) is 12.6. The minimum absolute atomic E-state index is 0.282. The predicted octanol–water partition coefficient (Wildman–Crippen LogP) is 0.0586. The SMILES string of the molecule is NC(=O)NCCNC(=O)Nc1ccc(N)cc1. The van der Waals surface area contributed by atoms with Gasteiger partial charge in [-0.1, -0.05) is 0 Å². The Bertz CT molecular complexity index is 390. The Hall–Kier alpha value is -2.44. The fraction of sp³-hybridized carbons (Fsp3) is 0.200. The molecule has 0 aromatic heterocycles.